The van der Waals surface area contributed by atoms with Crippen LogP contribution in [0.1, 0.15) is 45.3 Å². The van der Waals surface area contributed by atoms with E-state index in [9.17, 15) is 0 Å². The van der Waals surface area contributed by atoms with Crippen molar-refractivity contribution in [1.82, 2.24) is 20.0 Å². The fourth-order valence-electron chi connectivity index (χ4n) is 2.77. The van der Waals surface area contributed by atoms with Gasteiger partial charge in [-0.05, 0) is 45.8 Å². The first-order valence-electron chi connectivity index (χ1n) is 7.19. The van der Waals surface area contributed by atoms with Crippen LogP contribution in [0.3, 0.4) is 0 Å². The van der Waals surface area contributed by atoms with Crippen LogP contribution < -0.4 is 5.32 Å². The summed E-state index contributed by atoms with van der Waals surface area (Å²) in [6.45, 7) is 11.1. The molecule has 1 aromatic rings. The quantitative estimate of drug-likeness (QED) is 0.872. The number of rotatable bonds is 6. The molecule has 110 valence electrons. The molecule has 1 N–H and O–H groups in total. The molecule has 0 radical (unpaired) electrons. The van der Waals surface area contributed by atoms with Crippen molar-refractivity contribution in [3.05, 3.63) is 18.0 Å². The molecule has 0 amide bonds. The fraction of sp³-hybridized carbons (Fsp3) is 0.786. The molecule has 1 aliphatic heterocycles. The molecule has 0 bridgehead atoms. The van der Waals surface area contributed by atoms with Crippen LogP contribution in [0.5, 0.6) is 0 Å². The summed E-state index contributed by atoms with van der Waals surface area (Å²) in [7, 11) is 0. The monoisotopic (exact) mass is 286 g/mol. The molecule has 0 aliphatic carbocycles. The van der Waals surface area contributed by atoms with E-state index < -0.39 is 0 Å². The lowest BCUT2D eigenvalue weighted by Gasteiger charge is -2.28. The average molecular weight is 287 g/mol. The summed E-state index contributed by atoms with van der Waals surface area (Å²) in [5.74, 6) is 0. The first-order valence-corrected chi connectivity index (χ1v) is 7.19. The molecular formula is C14H27ClN4. The second-order valence-electron chi connectivity index (χ2n) is 5.48. The van der Waals surface area contributed by atoms with Gasteiger partial charge in [0.05, 0.1) is 5.69 Å². The van der Waals surface area contributed by atoms with E-state index in [2.05, 4.69) is 46.8 Å². The van der Waals surface area contributed by atoms with Crippen molar-refractivity contribution in [3.8, 4) is 0 Å². The largest absolute Gasteiger partial charge is 0.315 e. The Kier molecular flexibility index (Phi) is 6.83. The third-order valence-corrected chi connectivity index (χ3v) is 3.67. The minimum Gasteiger partial charge on any atom is -0.315 e. The number of halogens is 1. The van der Waals surface area contributed by atoms with Gasteiger partial charge in [0.1, 0.15) is 0 Å². The molecule has 2 rings (SSSR count). The van der Waals surface area contributed by atoms with Gasteiger partial charge in [-0.15, -0.1) is 12.4 Å². The normalized spacial score (nSPS) is 19.1. The first kappa shape index (κ1) is 16.5. The lowest BCUT2D eigenvalue weighted by molar-refractivity contribution is 0.192. The van der Waals surface area contributed by atoms with E-state index in [1.807, 2.05) is 6.20 Å². The molecule has 1 fully saturated rings. The van der Waals surface area contributed by atoms with E-state index >= 15 is 0 Å². The highest BCUT2D eigenvalue weighted by molar-refractivity contribution is 5.85. The molecule has 2 heterocycles. The zero-order chi connectivity index (χ0) is 13.0. The maximum atomic E-state index is 4.43. The third kappa shape index (κ3) is 4.20. The molecule has 1 unspecified atom stereocenters. The predicted molar refractivity (Wildman–Crippen MR) is 81.8 cm³/mol. The summed E-state index contributed by atoms with van der Waals surface area (Å²) in [4.78, 5) is 2.61. The van der Waals surface area contributed by atoms with Crippen molar-refractivity contribution < 1.29 is 0 Å². The van der Waals surface area contributed by atoms with Crippen molar-refractivity contribution in [1.29, 1.82) is 0 Å². The first-order chi connectivity index (χ1) is 8.72. The zero-order valence-corrected chi connectivity index (χ0v) is 13.1. The van der Waals surface area contributed by atoms with Gasteiger partial charge in [0.2, 0.25) is 0 Å². The molecule has 0 aromatic carbocycles. The lowest BCUT2D eigenvalue weighted by Crippen LogP contribution is -2.37. The summed E-state index contributed by atoms with van der Waals surface area (Å²) in [5, 5.41) is 7.89. The predicted octanol–water partition coefficient (Wildman–Crippen LogP) is 2.46. The molecule has 1 saturated heterocycles. The summed E-state index contributed by atoms with van der Waals surface area (Å²) in [5.41, 5.74) is 1.34. The van der Waals surface area contributed by atoms with Crippen LogP contribution in [-0.2, 0) is 6.54 Å². The van der Waals surface area contributed by atoms with Gasteiger partial charge in [0, 0.05) is 31.4 Å². The molecule has 19 heavy (non-hydrogen) atoms. The SMILES string of the molecule is CCCN(Cc1ccnn1C(C)C)C1CCNC1.Cl. The van der Waals surface area contributed by atoms with E-state index in [0.717, 1.165) is 19.6 Å². The van der Waals surface area contributed by atoms with Crippen LogP contribution in [0.4, 0.5) is 0 Å². The topological polar surface area (TPSA) is 33.1 Å². The molecule has 0 spiro atoms. The van der Waals surface area contributed by atoms with Gasteiger partial charge < -0.3 is 5.32 Å². The second kappa shape index (κ2) is 7.88. The summed E-state index contributed by atoms with van der Waals surface area (Å²) < 4.78 is 2.14. The molecule has 0 saturated carbocycles. The summed E-state index contributed by atoms with van der Waals surface area (Å²) in [6, 6.07) is 3.30. The van der Waals surface area contributed by atoms with Gasteiger partial charge >= 0.3 is 0 Å². The summed E-state index contributed by atoms with van der Waals surface area (Å²) >= 11 is 0. The second-order valence-corrected chi connectivity index (χ2v) is 5.48. The van der Waals surface area contributed by atoms with Crippen molar-refractivity contribution >= 4 is 12.4 Å². The molecule has 1 aliphatic rings. The number of nitrogens with zero attached hydrogens (tertiary/aromatic N) is 3. The highest BCUT2D eigenvalue weighted by Gasteiger charge is 2.22. The van der Waals surface area contributed by atoms with Crippen molar-refractivity contribution in [2.24, 2.45) is 0 Å². The Balaban J connectivity index is 0.00000180. The Bertz CT molecular complexity index is 358. The van der Waals surface area contributed by atoms with Crippen LogP contribution in [0.15, 0.2) is 12.3 Å². The molecule has 1 aromatic heterocycles. The van der Waals surface area contributed by atoms with Crippen LogP contribution >= 0.6 is 12.4 Å². The standard InChI is InChI=1S/C14H26N4.ClH/c1-4-9-17(13-5-7-15-10-13)11-14-6-8-16-18(14)12(2)3;/h6,8,12-13,15H,4-5,7,9-11H2,1-3H3;1H. The number of nitrogens with one attached hydrogen (secondary N) is 1. The molecule has 5 heteroatoms. The number of hydrogen-bond acceptors (Lipinski definition) is 3. The minimum absolute atomic E-state index is 0. The van der Waals surface area contributed by atoms with E-state index in [1.165, 1.54) is 25.1 Å². The van der Waals surface area contributed by atoms with Crippen molar-refractivity contribution in [3.63, 3.8) is 0 Å². The van der Waals surface area contributed by atoms with Gasteiger partial charge in [0.15, 0.2) is 0 Å². The van der Waals surface area contributed by atoms with Gasteiger partial charge in [-0.3, -0.25) is 9.58 Å². The minimum atomic E-state index is 0. The van der Waals surface area contributed by atoms with Crippen LogP contribution in [-0.4, -0.2) is 40.4 Å². The smallest absolute Gasteiger partial charge is 0.0527 e. The molecule has 4 nitrogen and oxygen atoms in total. The highest BCUT2D eigenvalue weighted by atomic mass is 35.5. The van der Waals surface area contributed by atoms with Gasteiger partial charge in [-0.25, -0.2) is 0 Å². The third-order valence-electron chi connectivity index (χ3n) is 3.67. The van der Waals surface area contributed by atoms with E-state index in [1.54, 1.807) is 0 Å². The Morgan fingerprint density at radius 1 is 1.53 bits per heavy atom. The average Bonchev–Trinajstić information content (AvgIpc) is 2.99. The highest BCUT2D eigenvalue weighted by Crippen LogP contribution is 2.16. The van der Waals surface area contributed by atoms with Gasteiger partial charge in [-0.1, -0.05) is 6.92 Å². The molecule has 1 atom stereocenters. The van der Waals surface area contributed by atoms with E-state index in [0.29, 0.717) is 12.1 Å². The Labute approximate surface area is 123 Å². The number of aromatic nitrogens is 2. The van der Waals surface area contributed by atoms with Crippen LogP contribution in [0.25, 0.3) is 0 Å². The maximum Gasteiger partial charge on any atom is 0.0527 e. The maximum absolute atomic E-state index is 4.43. The Hall–Kier alpha value is -0.580. The van der Waals surface area contributed by atoms with Crippen molar-refractivity contribution in [2.75, 3.05) is 19.6 Å². The summed E-state index contributed by atoms with van der Waals surface area (Å²) in [6.07, 6.45) is 4.41. The lowest BCUT2D eigenvalue weighted by atomic mass is 10.2. The Morgan fingerprint density at radius 3 is 2.89 bits per heavy atom. The number of hydrogen-bond donors (Lipinski definition) is 1. The van der Waals surface area contributed by atoms with Gasteiger partial charge in [-0.2, -0.15) is 5.10 Å². The van der Waals surface area contributed by atoms with Gasteiger partial charge in [0.25, 0.3) is 0 Å². The Morgan fingerprint density at radius 2 is 2.32 bits per heavy atom. The fourth-order valence-corrected chi connectivity index (χ4v) is 2.77. The zero-order valence-electron chi connectivity index (χ0n) is 12.3. The van der Waals surface area contributed by atoms with Crippen molar-refractivity contribution in [2.45, 2.75) is 52.2 Å². The van der Waals surface area contributed by atoms with E-state index in [-0.39, 0.29) is 12.4 Å². The van der Waals surface area contributed by atoms with E-state index in [4.69, 9.17) is 0 Å². The van der Waals surface area contributed by atoms with Crippen LogP contribution in [0, 0.1) is 0 Å². The van der Waals surface area contributed by atoms with Crippen LogP contribution in [0.2, 0.25) is 0 Å². The molecular weight excluding hydrogens is 260 g/mol.